The number of nitrogens with zero attached hydrogens (tertiary/aromatic N) is 2. The van der Waals surface area contributed by atoms with Crippen LogP contribution >= 0.6 is 0 Å². The van der Waals surface area contributed by atoms with Gasteiger partial charge in [-0.15, -0.1) is 0 Å². The fraction of sp³-hybridized carbons (Fsp3) is 0.263. The topological polar surface area (TPSA) is 53.4 Å². The van der Waals surface area contributed by atoms with Gasteiger partial charge in [0.25, 0.3) is 0 Å². The van der Waals surface area contributed by atoms with Gasteiger partial charge >= 0.3 is 5.97 Å². The van der Waals surface area contributed by atoms with Gasteiger partial charge in [-0.25, -0.2) is 4.98 Å². The predicted molar refractivity (Wildman–Crippen MR) is 92.5 cm³/mol. The molecule has 4 heteroatoms. The Morgan fingerprint density at radius 2 is 1.83 bits per heavy atom. The Morgan fingerprint density at radius 1 is 1.09 bits per heavy atom. The summed E-state index contributed by atoms with van der Waals surface area (Å²) in [5, 5.41) is 11.2. The number of fused-ring (bicyclic) bond motifs is 2. The number of carboxylic acids is 1. The van der Waals surface area contributed by atoms with E-state index < -0.39 is 5.97 Å². The number of hydrogen-bond acceptors (Lipinski definition) is 3. The van der Waals surface area contributed by atoms with Gasteiger partial charge in [0.1, 0.15) is 0 Å². The second kappa shape index (κ2) is 6.34. The first-order chi connectivity index (χ1) is 11.0. The molecule has 0 saturated heterocycles. The van der Waals surface area contributed by atoms with Crippen LogP contribution in [-0.4, -0.2) is 35.1 Å². The van der Waals surface area contributed by atoms with Crippen molar-refractivity contribution in [2.45, 2.75) is 18.9 Å². The molecule has 0 spiro atoms. The molecule has 4 nitrogen and oxygen atoms in total. The van der Waals surface area contributed by atoms with Crippen LogP contribution in [0.4, 0.5) is 0 Å². The Hall–Kier alpha value is -2.46. The van der Waals surface area contributed by atoms with Crippen LogP contribution in [0.25, 0.3) is 21.8 Å². The average molecular weight is 308 g/mol. The number of hydrogen-bond donors (Lipinski definition) is 1. The summed E-state index contributed by atoms with van der Waals surface area (Å²) in [6.45, 7) is 0. The van der Waals surface area contributed by atoms with E-state index in [0.29, 0.717) is 6.42 Å². The van der Waals surface area contributed by atoms with Crippen molar-refractivity contribution < 1.29 is 9.90 Å². The number of aromatic nitrogens is 1. The van der Waals surface area contributed by atoms with E-state index in [1.54, 1.807) is 0 Å². The molecule has 2 aromatic carbocycles. The molecule has 3 rings (SSSR count). The zero-order chi connectivity index (χ0) is 16.4. The van der Waals surface area contributed by atoms with Crippen LogP contribution in [0, 0.1) is 0 Å². The molecule has 1 N–H and O–H groups in total. The standard InChI is InChI=1S/C19H20N2O2/c1-21(2)18(9-10-19(22)23)14-7-8-17-15(12-14)11-13-5-3-4-6-16(13)20-17/h3-8,11-12,18H,9-10H2,1-2H3,(H,22,23). The van der Waals surface area contributed by atoms with Crippen LogP contribution in [-0.2, 0) is 4.79 Å². The number of aliphatic carboxylic acids is 1. The molecule has 118 valence electrons. The molecule has 0 amide bonds. The van der Waals surface area contributed by atoms with E-state index in [9.17, 15) is 4.79 Å². The third-order valence-corrected chi connectivity index (χ3v) is 4.18. The fourth-order valence-corrected chi connectivity index (χ4v) is 2.99. The number of rotatable bonds is 5. The molecule has 0 aliphatic carbocycles. The summed E-state index contributed by atoms with van der Waals surface area (Å²) in [7, 11) is 3.96. The van der Waals surface area contributed by atoms with Gasteiger partial charge in [-0.05, 0) is 50.3 Å². The molecule has 23 heavy (non-hydrogen) atoms. The molecule has 0 fully saturated rings. The highest BCUT2D eigenvalue weighted by atomic mass is 16.4. The Bertz CT molecular complexity index is 858. The van der Waals surface area contributed by atoms with Crippen LogP contribution in [0.2, 0.25) is 0 Å². The van der Waals surface area contributed by atoms with E-state index in [1.807, 2.05) is 38.4 Å². The molecule has 0 aliphatic rings. The Labute approximate surface area is 135 Å². The molecular weight excluding hydrogens is 288 g/mol. The molecule has 1 heterocycles. The minimum Gasteiger partial charge on any atom is -0.481 e. The van der Waals surface area contributed by atoms with Crippen LogP contribution in [0.3, 0.4) is 0 Å². The van der Waals surface area contributed by atoms with E-state index in [4.69, 9.17) is 5.11 Å². The molecule has 1 aromatic heterocycles. The summed E-state index contributed by atoms with van der Waals surface area (Å²) in [5.41, 5.74) is 3.08. The molecule has 1 unspecified atom stereocenters. The van der Waals surface area contributed by atoms with E-state index in [0.717, 1.165) is 27.4 Å². The first-order valence-corrected chi connectivity index (χ1v) is 7.72. The van der Waals surface area contributed by atoms with Crippen molar-refractivity contribution in [3.63, 3.8) is 0 Å². The van der Waals surface area contributed by atoms with E-state index in [2.05, 4.69) is 34.1 Å². The summed E-state index contributed by atoms with van der Waals surface area (Å²) >= 11 is 0. The molecule has 0 radical (unpaired) electrons. The maximum Gasteiger partial charge on any atom is 0.303 e. The largest absolute Gasteiger partial charge is 0.481 e. The van der Waals surface area contributed by atoms with Crippen LogP contribution < -0.4 is 0 Å². The lowest BCUT2D eigenvalue weighted by Crippen LogP contribution is -2.20. The van der Waals surface area contributed by atoms with E-state index in [-0.39, 0.29) is 12.5 Å². The van der Waals surface area contributed by atoms with Gasteiger partial charge in [0.15, 0.2) is 0 Å². The van der Waals surface area contributed by atoms with Crippen LogP contribution in [0.1, 0.15) is 24.4 Å². The highest BCUT2D eigenvalue weighted by molar-refractivity contribution is 5.92. The van der Waals surface area contributed by atoms with Crippen molar-refractivity contribution >= 4 is 27.8 Å². The van der Waals surface area contributed by atoms with E-state index >= 15 is 0 Å². The predicted octanol–water partition coefficient (Wildman–Crippen LogP) is 3.86. The molecule has 1 atom stereocenters. The smallest absolute Gasteiger partial charge is 0.303 e. The van der Waals surface area contributed by atoms with E-state index in [1.165, 1.54) is 0 Å². The Morgan fingerprint density at radius 3 is 2.57 bits per heavy atom. The monoisotopic (exact) mass is 308 g/mol. The van der Waals surface area contributed by atoms with Crippen molar-refractivity contribution in [2.75, 3.05) is 14.1 Å². The minimum absolute atomic E-state index is 0.0852. The first kappa shape index (κ1) is 15.4. The number of pyridine rings is 1. The van der Waals surface area contributed by atoms with Gasteiger partial charge in [0.2, 0.25) is 0 Å². The number of benzene rings is 2. The van der Waals surface area contributed by atoms with Crippen molar-refractivity contribution in [1.29, 1.82) is 0 Å². The quantitative estimate of drug-likeness (QED) is 0.727. The van der Waals surface area contributed by atoms with Gasteiger partial charge in [-0.3, -0.25) is 4.79 Å². The van der Waals surface area contributed by atoms with Gasteiger partial charge < -0.3 is 10.0 Å². The molecule has 3 aromatic rings. The van der Waals surface area contributed by atoms with Gasteiger partial charge in [-0.2, -0.15) is 0 Å². The Kier molecular flexibility index (Phi) is 4.26. The van der Waals surface area contributed by atoms with Crippen molar-refractivity contribution in [3.05, 3.63) is 54.1 Å². The normalized spacial score (nSPS) is 12.8. The second-order valence-corrected chi connectivity index (χ2v) is 6.05. The highest BCUT2D eigenvalue weighted by Crippen LogP contribution is 2.28. The van der Waals surface area contributed by atoms with Crippen LogP contribution in [0.15, 0.2) is 48.5 Å². The maximum atomic E-state index is 10.9. The SMILES string of the molecule is CN(C)C(CCC(=O)O)c1ccc2nc3ccccc3cc2c1. The van der Waals surface area contributed by atoms with Gasteiger partial charge in [0.05, 0.1) is 11.0 Å². The zero-order valence-corrected chi connectivity index (χ0v) is 13.4. The summed E-state index contributed by atoms with van der Waals surface area (Å²) < 4.78 is 0. The number of carboxylic acid groups (broad SMARTS) is 1. The maximum absolute atomic E-state index is 10.9. The highest BCUT2D eigenvalue weighted by Gasteiger charge is 2.16. The summed E-state index contributed by atoms with van der Waals surface area (Å²) in [5.74, 6) is -0.759. The third kappa shape index (κ3) is 3.32. The molecule has 0 saturated carbocycles. The minimum atomic E-state index is -0.759. The summed E-state index contributed by atoms with van der Waals surface area (Å²) in [6, 6.07) is 16.5. The zero-order valence-electron chi connectivity index (χ0n) is 13.4. The lowest BCUT2D eigenvalue weighted by Gasteiger charge is -2.24. The summed E-state index contributed by atoms with van der Waals surface area (Å²) in [6.07, 6.45) is 0.756. The molecule has 0 aliphatic heterocycles. The number of carbonyl (C=O) groups is 1. The number of para-hydroxylation sites is 1. The fourth-order valence-electron chi connectivity index (χ4n) is 2.99. The second-order valence-electron chi connectivity index (χ2n) is 6.05. The lowest BCUT2D eigenvalue weighted by molar-refractivity contribution is -0.137. The molecular formula is C19H20N2O2. The van der Waals surface area contributed by atoms with Crippen LogP contribution in [0.5, 0.6) is 0 Å². The van der Waals surface area contributed by atoms with Gasteiger partial charge in [-0.1, -0.05) is 24.3 Å². The Balaban J connectivity index is 2.03. The van der Waals surface area contributed by atoms with Crippen molar-refractivity contribution in [1.82, 2.24) is 9.88 Å². The molecule has 0 bridgehead atoms. The van der Waals surface area contributed by atoms with Crippen molar-refractivity contribution in [2.24, 2.45) is 0 Å². The average Bonchev–Trinajstić information content (AvgIpc) is 2.52. The first-order valence-electron chi connectivity index (χ1n) is 7.72. The van der Waals surface area contributed by atoms with Crippen molar-refractivity contribution in [3.8, 4) is 0 Å². The lowest BCUT2D eigenvalue weighted by atomic mass is 9.98. The third-order valence-electron chi connectivity index (χ3n) is 4.18. The van der Waals surface area contributed by atoms with Gasteiger partial charge in [0, 0.05) is 23.2 Å². The summed E-state index contributed by atoms with van der Waals surface area (Å²) in [4.78, 5) is 17.6.